The van der Waals surface area contributed by atoms with Crippen LogP contribution in [0.1, 0.15) is 25.5 Å². The second-order valence-corrected chi connectivity index (χ2v) is 6.91. The van der Waals surface area contributed by atoms with Gasteiger partial charge in [-0.15, -0.1) is 0 Å². The Kier molecular flexibility index (Phi) is 3.57. The van der Waals surface area contributed by atoms with Crippen molar-refractivity contribution in [1.82, 2.24) is 5.32 Å². The Bertz CT molecular complexity index is 464. The van der Waals surface area contributed by atoms with Gasteiger partial charge in [0.05, 0.1) is 0 Å². The molecule has 1 aromatic rings. The van der Waals surface area contributed by atoms with E-state index in [4.69, 9.17) is 11.6 Å². The molecule has 0 aromatic heterocycles. The second-order valence-electron chi connectivity index (χ2n) is 5.00. The largest absolute Gasteiger partial charge is 0.303 e. The Morgan fingerprint density at radius 1 is 1.53 bits per heavy atom. The van der Waals surface area contributed by atoms with Gasteiger partial charge in [0.25, 0.3) is 0 Å². The molecule has 1 aliphatic heterocycles. The lowest BCUT2D eigenvalue weighted by molar-refractivity contribution is 0.369. The van der Waals surface area contributed by atoms with E-state index in [1.165, 1.54) is 12.1 Å². The summed E-state index contributed by atoms with van der Waals surface area (Å²) in [5.41, 5.74) is 0.625. The summed E-state index contributed by atoms with van der Waals surface area (Å²) in [6.07, 6.45) is 0. The smallest absolute Gasteiger partial charge is 0.124 e. The van der Waals surface area contributed by atoms with E-state index in [1.807, 2.05) is 13.8 Å². The summed E-state index contributed by atoms with van der Waals surface area (Å²) >= 11 is 6.02. The van der Waals surface area contributed by atoms with Gasteiger partial charge in [-0.1, -0.05) is 17.7 Å². The van der Waals surface area contributed by atoms with Gasteiger partial charge < -0.3 is 5.32 Å². The van der Waals surface area contributed by atoms with Crippen LogP contribution in [0, 0.1) is 5.82 Å². The average Bonchev–Trinajstić information content (AvgIpc) is 2.13. The van der Waals surface area contributed by atoms with E-state index in [-0.39, 0.29) is 17.4 Å². The SMILES string of the molecule is CC1(C)CS(=O)CC(c2ccc(F)cc2Cl)N1. The molecule has 1 saturated heterocycles. The minimum absolute atomic E-state index is 0.0762. The van der Waals surface area contributed by atoms with Gasteiger partial charge in [0.2, 0.25) is 0 Å². The van der Waals surface area contributed by atoms with Crippen molar-refractivity contribution < 1.29 is 8.60 Å². The molecule has 0 aliphatic carbocycles. The molecular formula is C12H15ClFNOS. The van der Waals surface area contributed by atoms with Crippen molar-refractivity contribution >= 4 is 22.4 Å². The van der Waals surface area contributed by atoms with Crippen LogP contribution in [-0.2, 0) is 10.8 Å². The highest BCUT2D eigenvalue weighted by Gasteiger charge is 2.32. The van der Waals surface area contributed by atoms with Crippen molar-refractivity contribution in [3.63, 3.8) is 0 Å². The molecule has 2 rings (SSSR count). The van der Waals surface area contributed by atoms with Crippen LogP contribution in [0.3, 0.4) is 0 Å². The van der Waals surface area contributed by atoms with Gasteiger partial charge in [-0.05, 0) is 31.5 Å². The Morgan fingerprint density at radius 2 is 2.24 bits per heavy atom. The fraction of sp³-hybridized carbons (Fsp3) is 0.500. The van der Waals surface area contributed by atoms with Gasteiger partial charge in [0.15, 0.2) is 0 Å². The van der Waals surface area contributed by atoms with E-state index in [0.717, 1.165) is 5.56 Å². The predicted molar refractivity (Wildman–Crippen MR) is 69.2 cm³/mol. The van der Waals surface area contributed by atoms with Crippen LogP contribution >= 0.6 is 11.6 Å². The maximum atomic E-state index is 13.0. The molecule has 0 amide bonds. The maximum Gasteiger partial charge on any atom is 0.124 e. The van der Waals surface area contributed by atoms with Gasteiger partial charge in [-0.2, -0.15) is 0 Å². The minimum Gasteiger partial charge on any atom is -0.303 e. The summed E-state index contributed by atoms with van der Waals surface area (Å²) in [7, 11) is -0.869. The van der Waals surface area contributed by atoms with Crippen molar-refractivity contribution in [3.8, 4) is 0 Å². The third-order valence-corrected chi connectivity index (χ3v) is 4.85. The Hall–Kier alpha value is -0.450. The summed E-state index contributed by atoms with van der Waals surface area (Å²) in [6.45, 7) is 4.02. The van der Waals surface area contributed by atoms with Crippen LogP contribution in [0.5, 0.6) is 0 Å². The number of halogens is 2. The third kappa shape index (κ3) is 3.06. The van der Waals surface area contributed by atoms with Crippen LogP contribution in [0.4, 0.5) is 4.39 Å². The quantitative estimate of drug-likeness (QED) is 0.854. The van der Waals surface area contributed by atoms with Gasteiger partial charge >= 0.3 is 0 Å². The van der Waals surface area contributed by atoms with Crippen molar-refractivity contribution in [2.24, 2.45) is 0 Å². The van der Waals surface area contributed by atoms with E-state index in [2.05, 4.69) is 5.32 Å². The number of hydrogen-bond acceptors (Lipinski definition) is 2. The van der Waals surface area contributed by atoms with Crippen molar-refractivity contribution in [2.75, 3.05) is 11.5 Å². The lowest BCUT2D eigenvalue weighted by Gasteiger charge is -2.37. The van der Waals surface area contributed by atoms with Crippen LogP contribution in [0.2, 0.25) is 5.02 Å². The molecule has 1 heterocycles. The zero-order valence-corrected chi connectivity index (χ0v) is 11.4. The van der Waals surface area contributed by atoms with Crippen LogP contribution < -0.4 is 5.32 Å². The molecule has 0 spiro atoms. The maximum absolute atomic E-state index is 13.0. The molecule has 1 N–H and O–H groups in total. The second kappa shape index (κ2) is 4.67. The van der Waals surface area contributed by atoms with E-state index in [1.54, 1.807) is 6.07 Å². The van der Waals surface area contributed by atoms with Gasteiger partial charge in [0, 0.05) is 38.9 Å². The van der Waals surface area contributed by atoms with Crippen LogP contribution in [0.15, 0.2) is 18.2 Å². The van der Waals surface area contributed by atoms with Gasteiger partial charge in [-0.3, -0.25) is 4.21 Å². The first-order valence-electron chi connectivity index (χ1n) is 5.45. The van der Waals surface area contributed by atoms with Gasteiger partial charge in [0.1, 0.15) is 5.82 Å². The molecule has 1 aliphatic rings. The van der Waals surface area contributed by atoms with E-state index in [0.29, 0.717) is 16.5 Å². The Balaban J connectivity index is 2.30. The Morgan fingerprint density at radius 3 is 2.82 bits per heavy atom. The highest BCUT2D eigenvalue weighted by molar-refractivity contribution is 7.85. The first kappa shape index (κ1) is 13.0. The summed E-state index contributed by atoms with van der Waals surface area (Å²) in [4.78, 5) is 0. The molecule has 0 saturated carbocycles. The minimum atomic E-state index is -0.869. The summed E-state index contributed by atoms with van der Waals surface area (Å²) < 4.78 is 24.8. The fourth-order valence-electron chi connectivity index (χ4n) is 2.15. The highest BCUT2D eigenvalue weighted by Crippen LogP contribution is 2.29. The number of hydrogen-bond donors (Lipinski definition) is 1. The molecule has 17 heavy (non-hydrogen) atoms. The van der Waals surface area contributed by atoms with E-state index in [9.17, 15) is 8.60 Å². The number of benzene rings is 1. The first-order valence-corrected chi connectivity index (χ1v) is 7.32. The molecule has 1 aromatic carbocycles. The van der Waals surface area contributed by atoms with Crippen molar-refractivity contribution in [2.45, 2.75) is 25.4 Å². The molecule has 94 valence electrons. The van der Waals surface area contributed by atoms with Crippen LogP contribution in [0.25, 0.3) is 0 Å². The summed E-state index contributed by atoms with van der Waals surface area (Å²) in [6, 6.07) is 4.26. The average molecular weight is 276 g/mol. The monoisotopic (exact) mass is 275 g/mol. The van der Waals surface area contributed by atoms with Crippen molar-refractivity contribution in [1.29, 1.82) is 0 Å². The lowest BCUT2D eigenvalue weighted by atomic mass is 10.0. The van der Waals surface area contributed by atoms with Crippen LogP contribution in [-0.4, -0.2) is 21.3 Å². The standard InChI is InChI=1S/C12H15ClFNOS/c1-12(2)7-17(16)6-11(15-12)9-4-3-8(14)5-10(9)13/h3-5,11,15H,6-7H2,1-2H3. The molecular weight excluding hydrogens is 261 g/mol. The molecule has 0 bridgehead atoms. The fourth-order valence-corrected chi connectivity index (χ4v) is 4.09. The molecule has 0 radical (unpaired) electrons. The summed E-state index contributed by atoms with van der Waals surface area (Å²) in [5, 5.41) is 3.79. The first-order chi connectivity index (χ1) is 7.87. The highest BCUT2D eigenvalue weighted by atomic mass is 35.5. The van der Waals surface area contributed by atoms with E-state index >= 15 is 0 Å². The van der Waals surface area contributed by atoms with E-state index < -0.39 is 10.8 Å². The Labute approximate surface area is 108 Å². The number of rotatable bonds is 1. The molecule has 2 unspecified atom stereocenters. The molecule has 2 atom stereocenters. The molecule has 5 heteroatoms. The normalized spacial score (nSPS) is 28.0. The number of nitrogens with one attached hydrogen (secondary N) is 1. The predicted octanol–water partition coefficient (Wildman–Crippen LogP) is 2.65. The molecule has 2 nitrogen and oxygen atoms in total. The molecule has 1 fully saturated rings. The topological polar surface area (TPSA) is 29.1 Å². The summed E-state index contributed by atoms with van der Waals surface area (Å²) in [5.74, 6) is 0.798. The zero-order chi connectivity index (χ0) is 12.6. The van der Waals surface area contributed by atoms with Gasteiger partial charge in [-0.25, -0.2) is 4.39 Å². The zero-order valence-electron chi connectivity index (χ0n) is 9.80. The third-order valence-electron chi connectivity index (χ3n) is 2.78. The lowest BCUT2D eigenvalue weighted by Crippen LogP contribution is -2.52. The van der Waals surface area contributed by atoms with Crippen molar-refractivity contribution in [3.05, 3.63) is 34.6 Å².